The van der Waals surface area contributed by atoms with E-state index in [1.165, 1.54) is 6.08 Å². The van der Waals surface area contributed by atoms with Gasteiger partial charge in [0.15, 0.2) is 17.8 Å². The van der Waals surface area contributed by atoms with Gasteiger partial charge >= 0.3 is 0 Å². The van der Waals surface area contributed by atoms with Crippen LogP contribution in [0.2, 0.25) is 0 Å². The van der Waals surface area contributed by atoms with Crippen molar-refractivity contribution in [2.45, 2.75) is 52.7 Å². The van der Waals surface area contributed by atoms with Crippen molar-refractivity contribution in [1.29, 1.82) is 0 Å². The lowest BCUT2D eigenvalue weighted by Crippen LogP contribution is -2.51. The maximum atomic E-state index is 13.1. The van der Waals surface area contributed by atoms with E-state index in [4.69, 9.17) is 4.74 Å². The summed E-state index contributed by atoms with van der Waals surface area (Å²) in [5.41, 5.74) is 0.951. The van der Waals surface area contributed by atoms with Gasteiger partial charge in [0.1, 0.15) is 0 Å². The first-order chi connectivity index (χ1) is 11.7. The van der Waals surface area contributed by atoms with Crippen molar-refractivity contribution in [3.63, 3.8) is 0 Å². The Morgan fingerprint density at radius 2 is 1.92 bits per heavy atom. The van der Waals surface area contributed by atoms with Gasteiger partial charge in [0.05, 0.1) is 6.61 Å². The molecule has 0 bridgehead atoms. The molecule has 0 aromatic heterocycles. The van der Waals surface area contributed by atoms with E-state index in [0.717, 1.165) is 19.3 Å². The summed E-state index contributed by atoms with van der Waals surface area (Å²) < 4.78 is 5.31. The van der Waals surface area contributed by atoms with Gasteiger partial charge in [-0.05, 0) is 29.9 Å². The largest absolute Gasteiger partial charge is 0.504 e. The number of aliphatic hydroxyl groups is 2. The lowest BCUT2D eigenvalue weighted by Gasteiger charge is -2.54. The molecular formula is C20H24O5. The number of ether oxygens (including phenoxy) is 1. The first-order valence-electron chi connectivity index (χ1n) is 8.96. The Bertz CT molecular complexity index is 782. The van der Waals surface area contributed by atoms with Crippen LogP contribution in [-0.2, 0) is 14.3 Å². The summed E-state index contributed by atoms with van der Waals surface area (Å²) in [5, 5.41) is 21.1. The Hall–Kier alpha value is -1.72. The van der Waals surface area contributed by atoms with Crippen LogP contribution in [0.3, 0.4) is 0 Å². The number of allylic oxidation sites excluding steroid dienone is 3. The van der Waals surface area contributed by atoms with Crippen LogP contribution >= 0.6 is 0 Å². The van der Waals surface area contributed by atoms with Crippen LogP contribution in [0.5, 0.6) is 0 Å². The predicted octanol–water partition coefficient (Wildman–Crippen LogP) is 2.76. The van der Waals surface area contributed by atoms with Crippen LogP contribution in [0.1, 0.15) is 46.5 Å². The van der Waals surface area contributed by atoms with Crippen molar-refractivity contribution in [1.82, 2.24) is 0 Å². The molecule has 1 saturated carbocycles. The lowest BCUT2D eigenvalue weighted by molar-refractivity contribution is -0.131. The molecule has 0 amide bonds. The van der Waals surface area contributed by atoms with Gasteiger partial charge in [-0.3, -0.25) is 9.59 Å². The van der Waals surface area contributed by atoms with E-state index in [9.17, 15) is 19.8 Å². The minimum Gasteiger partial charge on any atom is -0.504 e. The average Bonchev–Trinajstić information content (AvgIpc) is 2.50. The Morgan fingerprint density at radius 3 is 2.64 bits per heavy atom. The molecule has 2 N–H and O–H groups in total. The minimum absolute atomic E-state index is 0.0118. The zero-order chi connectivity index (χ0) is 18.1. The summed E-state index contributed by atoms with van der Waals surface area (Å²) >= 11 is 0. The van der Waals surface area contributed by atoms with Crippen molar-refractivity contribution in [3.8, 4) is 0 Å². The van der Waals surface area contributed by atoms with Gasteiger partial charge in [0.2, 0.25) is 5.78 Å². The van der Waals surface area contributed by atoms with Crippen molar-refractivity contribution in [3.05, 3.63) is 34.1 Å². The number of Topliss-reactive ketones (excluding diaryl/α,β-unsaturated/α-hetero) is 1. The molecule has 0 aromatic rings. The summed E-state index contributed by atoms with van der Waals surface area (Å²) in [6, 6.07) is 0. The number of aliphatic hydroxyl groups excluding tert-OH is 2. The molecule has 0 spiro atoms. The van der Waals surface area contributed by atoms with Crippen LogP contribution < -0.4 is 0 Å². The molecule has 134 valence electrons. The number of carbonyl (C=O) groups excluding carboxylic acids is 2. The van der Waals surface area contributed by atoms with E-state index in [-0.39, 0.29) is 29.5 Å². The Labute approximate surface area is 147 Å². The molecule has 5 nitrogen and oxygen atoms in total. The fourth-order valence-corrected chi connectivity index (χ4v) is 5.67. The van der Waals surface area contributed by atoms with E-state index in [1.54, 1.807) is 0 Å². The number of carbonyl (C=O) groups is 2. The second-order valence-corrected chi connectivity index (χ2v) is 8.57. The SMILES string of the molecule is CC1(C)CCC[C@]2(C)C3=C(O)C(=O)C4=C(C3=CC(=O)[C@@H]12)[C@H](O)OCC4. The van der Waals surface area contributed by atoms with Crippen LogP contribution in [-0.4, -0.2) is 34.7 Å². The summed E-state index contributed by atoms with van der Waals surface area (Å²) in [4.78, 5) is 25.8. The van der Waals surface area contributed by atoms with Gasteiger partial charge in [-0.15, -0.1) is 0 Å². The van der Waals surface area contributed by atoms with Crippen LogP contribution in [0.25, 0.3) is 0 Å². The molecule has 4 aliphatic rings. The van der Waals surface area contributed by atoms with E-state index >= 15 is 0 Å². The fourth-order valence-electron chi connectivity index (χ4n) is 5.67. The van der Waals surface area contributed by atoms with Crippen LogP contribution in [0.4, 0.5) is 0 Å². The molecule has 5 heteroatoms. The predicted molar refractivity (Wildman–Crippen MR) is 90.6 cm³/mol. The molecule has 4 rings (SSSR count). The second-order valence-electron chi connectivity index (χ2n) is 8.57. The summed E-state index contributed by atoms with van der Waals surface area (Å²) in [5.74, 6) is -0.956. The first kappa shape index (κ1) is 16.7. The van der Waals surface area contributed by atoms with Crippen molar-refractivity contribution in [2.24, 2.45) is 16.7 Å². The van der Waals surface area contributed by atoms with E-state index in [0.29, 0.717) is 28.7 Å². The maximum absolute atomic E-state index is 13.1. The van der Waals surface area contributed by atoms with Gasteiger partial charge < -0.3 is 14.9 Å². The quantitative estimate of drug-likeness (QED) is 0.706. The first-order valence-corrected chi connectivity index (χ1v) is 8.96. The molecular weight excluding hydrogens is 320 g/mol. The number of fused-ring (bicyclic) bond motifs is 4. The third-order valence-corrected chi connectivity index (χ3v) is 6.56. The van der Waals surface area contributed by atoms with E-state index < -0.39 is 17.5 Å². The summed E-state index contributed by atoms with van der Waals surface area (Å²) in [7, 11) is 0. The van der Waals surface area contributed by atoms with Gasteiger partial charge in [-0.1, -0.05) is 27.2 Å². The normalized spacial score (nSPS) is 37.4. The highest BCUT2D eigenvalue weighted by molar-refractivity contribution is 6.12. The molecule has 0 saturated heterocycles. The second kappa shape index (κ2) is 5.15. The molecule has 0 aromatic carbocycles. The monoisotopic (exact) mass is 344 g/mol. The van der Waals surface area contributed by atoms with Crippen LogP contribution in [0.15, 0.2) is 34.1 Å². The lowest BCUT2D eigenvalue weighted by atomic mass is 9.48. The topological polar surface area (TPSA) is 83.8 Å². The van der Waals surface area contributed by atoms with Crippen LogP contribution in [0, 0.1) is 16.7 Å². The number of hydrogen-bond acceptors (Lipinski definition) is 5. The molecule has 0 radical (unpaired) electrons. The van der Waals surface area contributed by atoms with Gasteiger partial charge in [-0.25, -0.2) is 0 Å². The standard InChI is InChI=1S/C20H24O5/c1-19(2)6-4-7-20(3)14-11(9-12(21)17(19)20)13-10(15(22)16(14)23)5-8-25-18(13)24/h9,17-18,23-24H,4-8H2,1-3H3/t17-,18+,20+/m0/s1. The Balaban J connectivity index is 1.99. The molecule has 25 heavy (non-hydrogen) atoms. The Morgan fingerprint density at radius 1 is 1.20 bits per heavy atom. The molecule has 3 atom stereocenters. The third kappa shape index (κ3) is 2.09. The van der Waals surface area contributed by atoms with E-state index in [1.807, 2.05) is 6.92 Å². The van der Waals surface area contributed by atoms with Gasteiger partial charge in [0, 0.05) is 34.5 Å². The van der Waals surface area contributed by atoms with Gasteiger partial charge in [-0.2, -0.15) is 0 Å². The molecule has 1 heterocycles. The molecule has 1 fully saturated rings. The number of rotatable bonds is 0. The van der Waals surface area contributed by atoms with Crippen molar-refractivity contribution >= 4 is 11.6 Å². The zero-order valence-corrected chi connectivity index (χ0v) is 14.9. The summed E-state index contributed by atoms with van der Waals surface area (Å²) in [6.45, 7) is 6.36. The maximum Gasteiger partial charge on any atom is 0.224 e. The highest BCUT2D eigenvalue weighted by atomic mass is 16.6. The number of hydrogen-bond donors (Lipinski definition) is 2. The highest BCUT2D eigenvalue weighted by Crippen LogP contribution is 2.61. The number of ketones is 2. The smallest absolute Gasteiger partial charge is 0.224 e. The minimum atomic E-state index is -1.23. The average molecular weight is 344 g/mol. The Kier molecular flexibility index (Phi) is 3.44. The third-order valence-electron chi connectivity index (χ3n) is 6.56. The zero-order valence-electron chi connectivity index (χ0n) is 14.9. The summed E-state index contributed by atoms with van der Waals surface area (Å²) in [6.07, 6.45) is 3.22. The fraction of sp³-hybridized carbons (Fsp3) is 0.600. The van der Waals surface area contributed by atoms with Crippen molar-refractivity contribution in [2.75, 3.05) is 6.61 Å². The van der Waals surface area contributed by atoms with Crippen molar-refractivity contribution < 1.29 is 24.5 Å². The van der Waals surface area contributed by atoms with Gasteiger partial charge in [0.25, 0.3) is 0 Å². The van der Waals surface area contributed by atoms with E-state index in [2.05, 4.69) is 13.8 Å². The highest BCUT2D eigenvalue weighted by Gasteiger charge is 2.57. The molecule has 3 aliphatic carbocycles. The molecule has 0 unspecified atom stereocenters. The molecule has 1 aliphatic heterocycles.